The van der Waals surface area contributed by atoms with Crippen molar-refractivity contribution < 1.29 is 22.7 Å². The molecule has 0 fully saturated rings. The van der Waals surface area contributed by atoms with E-state index in [2.05, 4.69) is 0 Å². The Morgan fingerprint density at radius 2 is 2.11 bits per heavy atom. The van der Waals surface area contributed by atoms with E-state index in [4.69, 9.17) is 10.5 Å². The highest BCUT2D eigenvalue weighted by Crippen LogP contribution is 2.22. The van der Waals surface area contributed by atoms with Gasteiger partial charge in [0.05, 0.1) is 12.3 Å². The van der Waals surface area contributed by atoms with Crippen LogP contribution in [0.4, 0.5) is 18.9 Å². The minimum absolute atomic E-state index is 0.0557. The van der Waals surface area contributed by atoms with E-state index >= 15 is 0 Å². The fraction of sp³-hybridized carbons (Fsp3) is 0.364. The molecule has 0 spiro atoms. The lowest BCUT2D eigenvalue weighted by Crippen LogP contribution is -2.33. The summed E-state index contributed by atoms with van der Waals surface area (Å²) in [5.41, 5.74) is 5.86. The third-order valence-corrected chi connectivity index (χ3v) is 2.02. The molecule has 0 aliphatic heterocycles. The van der Waals surface area contributed by atoms with Gasteiger partial charge < -0.3 is 15.8 Å². The van der Waals surface area contributed by atoms with E-state index in [1.165, 1.54) is 18.2 Å². The standard InChI is InChI=1S/C11H13F3N2O2/c1-2-18-9-4-3-7(5-8(9)15)10(17)16-6-11(12,13)14/h3-5H,2,6,15H2,1H3,(H,16,17). The number of carbonyl (C=O) groups is 1. The summed E-state index contributed by atoms with van der Waals surface area (Å²) < 4.78 is 40.9. The Morgan fingerprint density at radius 1 is 1.44 bits per heavy atom. The van der Waals surface area contributed by atoms with Crippen LogP contribution >= 0.6 is 0 Å². The molecule has 0 aromatic heterocycles. The number of benzene rings is 1. The molecule has 1 aromatic rings. The summed E-state index contributed by atoms with van der Waals surface area (Å²) in [6.07, 6.45) is -4.44. The van der Waals surface area contributed by atoms with Crippen LogP contribution in [0.1, 0.15) is 17.3 Å². The minimum Gasteiger partial charge on any atom is -0.492 e. The van der Waals surface area contributed by atoms with Gasteiger partial charge in [0.1, 0.15) is 12.3 Å². The smallest absolute Gasteiger partial charge is 0.405 e. The molecule has 18 heavy (non-hydrogen) atoms. The van der Waals surface area contributed by atoms with Gasteiger partial charge in [-0.05, 0) is 25.1 Å². The van der Waals surface area contributed by atoms with Gasteiger partial charge in [-0.1, -0.05) is 0 Å². The van der Waals surface area contributed by atoms with Crippen LogP contribution in [0.25, 0.3) is 0 Å². The highest BCUT2D eigenvalue weighted by Gasteiger charge is 2.27. The van der Waals surface area contributed by atoms with Gasteiger partial charge in [-0.25, -0.2) is 0 Å². The molecule has 0 bridgehead atoms. The molecule has 0 aliphatic rings. The molecule has 1 amide bonds. The molecule has 0 saturated carbocycles. The molecule has 0 unspecified atom stereocenters. The van der Waals surface area contributed by atoms with E-state index in [1.54, 1.807) is 12.2 Å². The molecule has 1 aromatic carbocycles. The van der Waals surface area contributed by atoms with E-state index in [-0.39, 0.29) is 11.3 Å². The molecular formula is C11H13F3N2O2. The molecule has 3 N–H and O–H groups in total. The van der Waals surface area contributed by atoms with Gasteiger partial charge in [-0.2, -0.15) is 13.2 Å². The third kappa shape index (κ3) is 4.15. The molecule has 0 heterocycles. The van der Waals surface area contributed by atoms with Crippen molar-refractivity contribution in [1.29, 1.82) is 0 Å². The van der Waals surface area contributed by atoms with Crippen LogP contribution in [0.2, 0.25) is 0 Å². The molecular weight excluding hydrogens is 249 g/mol. The van der Waals surface area contributed by atoms with Gasteiger partial charge >= 0.3 is 6.18 Å². The van der Waals surface area contributed by atoms with Crippen LogP contribution in [0.5, 0.6) is 5.75 Å². The first-order valence-electron chi connectivity index (χ1n) is 5.20. The van der Waals surface area contributed by atoms with Crippen LogP contribution in [0, 0.1) is 0 Å². The second kappa shape index (κ2) is 5.61. The van der Waals surface area contributed by atoms with E-state index in [1.807, 2.05) is 0 Å². The Bertz CT molecular complexity index is 433. The zero-order valence-corrected chi connectivity index (χ0v) is 9.67. The van der Waals surface area contributed by atoms with Gasteiger partial charge in [0.15, 0.2) is 0 Å². The molecule has 0 radical (unpaired) electrons. The fourth-order valence-corrected chi connectivity index (χ4v) is 1.26. The highest BCUT2D eigenvalue weighted by atomic mass is 19.4. The average Bonchev–Trinajstić information content (AvgIpc) is 2.28. The molecule has 1 rings (SSSR count). The van der Waals surface area contributed by atoms with Crippen LogP contribution in [-0.4, -0.2) is 25.2 Å². The largest absolute Gasteiger partial charge is 0.492 e. The van der Waals surface area contributed by atoms with Crippen LogP contribution in [-0.2, 0) is 0 Å². The topological polar surface area (TPSA) is 64.3 Å². The summed E-state index contributed by atoms with van der Waals surface area (Å²) in [5, 5.41) is 1.76. The summed E-state index contributed by atoms with van der Waals surface area (Å²) in [4.78, 5) is 11.4. The van der Waals surface area contributed by atoms with E-state index < -0.39 is 18.6 Å². The fourth-order valence-electron chi connectivity index (χ4n) is 1.26. The van der Waals surface area contributed by atoms with Crippen molar-refractivity contribution in [3.63, 3.8) is 0 Å². The second-order valence-corrected chi connectivity index (χ2v) is 3.48. The maximum absolute atomic E-state index is 11.9. The number of carbonyl (C=O) groups excluding carboxylic acids is 1. The first-order valence-corrected chi connectivity index (χ1v) is 5.20. The van der Waals surface area contributed by atoms with E-state index in [9.17, 15) is 18.0 Å². The SMILES string of the molecule is CCOc1ccc(C(=O)NCC(F)(F)F)cc1N. The number of nitrogens with two attached hydrogens (primary N) is 1. The number of hydrogen-bond acceptors (Lipinski definition) is 3. The van der Waals surface area contributed by atoms with Crippen molar-refractivity contribution in [1.82, 2.24) is 5.32 Å². The highest BCUT2D eigenvalue weighted by molar-refractivity contribution is 5.95. The third-order valence-electron chi connectivity index (χ3n) is 2.02. The number of amides is 1. The minimum atomic E-state index is -4.44. The number of alkyl halides is 3. The maximum Gasteiger partial charge on any atom is 0.405 e. The molecule has 4 nitrogen and oxygen atoms in total. The Labute approximate surface area is 102 Å². The summed E-state index contributed by atoms with van der Waals surface area (Å²) in [6.45, 7) is 0.798. The molecule has 100 valence electrons. The molecule has 0 saturated heterocycles. The number of hydrogen-bond donors (Lipinski definition) is 2. The predicted octanol–water partition coefficient (Wildman–Crippen LogP) is 1.96. The van der Waals surface area contributed by atoms with Gasteiger partial charge in [-0.15, -0.1) is 0 Å². The Kier molecular flexibility index (Phi) is 4.41. The van der Waals surface area contributed by atoms with Crippen molar-refractivity contribution in [3.8, 4) is 5.75 Å². The van der Waals surface area contributed by atoms with Gasteiger partial charge in [-0.3, -0.25) is 4.79 Å². The van der Waals surface area contributed by atoms with Gasteiger partial charge in [0.2, 0.25) is 0 Å². The Balaban J connectivity index is 2.72. The molecule has 0 atom stereocenters. The molecule has 7 heteroatoms. The lowest BCUT2D eigenvalue weighted by Gasteiger charge is -2.10. The van der Waals surface area contributed by atoms with Gasteiger partial charge in [0, 0.05) is 5.56 Å². The number of nitrogen functional groups attached to an aromatic ring is 1. The van der Waals surface area contributed by atoms with Crippen molar-refractivity contribution in [2.75, 3.05) is 18.9 Å². The zero-order valence-electron chi connectivity index (χ0n) is 9.67. The van der Waals surface area contributed by atoms with Crippen LogP contribution < -0.4 is 15.8 Å². The number of anilines is 1. The first kappa shape index (κ1) is 14.1. The van der Waals surface area contributed by atoms with Crippen LogP contribution in [0.3, 0.4) is 0 Å². The maximum atomic E-state index is 11.9. The Hall–Kier alpha value is -1.92. The zero-order chi connectivity index (χ0) is 13.8. The number of rotatable bonds is 4. The van der Waals surface area contributed by atoms with Crippen molar-refractivity contribution in [3.05, 3.63) is 23.8 Å². The van der Waals surface area contributed by atoms with Gasteiger partial charge in [0.25, 0.3) is 5.91 Å². The number of ether oxygens (including phenoxy) is 1. The second-order valence-electron chi connectivity index (χ2n) is 3.48. The predicted molar refractivity (Wildman–Crippen MR) is 60.4 cm³/mol. The normalized spacial score (nSPS) is 11.1. The monoisotopic (exact) mass is 262 g/mol. The Morgan fingerprint density at radius 3 is 2.61 bits per heavy atom. The first-order chi connectivity index (χ1) is 8.33. The van der Waals surface area contributed by atoms with Crippen molar-refractivity contribution in [2.24, 2.45) is 0 Å². The lowest BCUT2D eigenvalue weighted by molar-refractivity contribution is -0.123. The average molecular weight is 262 g/mol. The quantitative estimate of drug-likeness (QED) is 0.815. The number of nitrogens with one attached hydrogen (secondary N) is 1. The van der Waals surface area contributed by atoms with Crippen molar-refractivity contribution in [2.45, 2.75) is 13.1 Å². The van der Waals surface area contributed by atoms with Crippen molar-refractivity contribution >= 4 is 11.6 Å². The van der Waals surface area contributed by atoms with E-state index in [0.29, 0.717) is 12.4 Å². The van der Waals surface area contributed by atoms with Crippen LogP contribution in [0.15, 0.2) is 18.2 Å². The summed E-state index contributed by atoms with van der Waals surface area (Å²) in [6, 6.07) is 4.07. The number of halogens is 3. The lowest BCUT2D eigenvalue weighted by atomic mass is 10.1. The summed E-state index contributed by atoms with van der Waals surface area (Å²) in [7, 11) is 0. The summed E-state index contributed by atoms with van der Waals surface area (Å²) >= 11 is 0. The van der Waals surface area contributed by atoms with E-state index in [0.717, 1.165) is 0 Å². The summed E-state index contributed by atoms with van der Waals surface area (Å²) in [5.74, 6) is -0.438. The molecule has 0 aliphatic carbocycles.